The van der Waals surface area contributed by atoms with E-state index in [9.17, 15) is 10.1 Å². The molecule has 130 valence electrons. The molecule has 8 heteroatoms. The third kappa shape index (κ3) is 2.61. The van der Waals surface area contributed by atoms with Gasteiger partial charge in [-0.05, 0) is 44.2 Å². The van der Waals surface area contributed by atoms with Gasteiger partial charge in [0, 0.05) is 29.3 Å². The summed E-state index contributed by atoms with van der Waals surface area (Å²) in [6.07, 6.45) is 1.80. The summed E-state index contributed by atoms with van der Waals surface area (Å²) in [7, 11) is 0. The molecule has 4 aromatic rings. The maximum Gasteiger partial charge on any atom is 0.272 e. The zero-order valence-corrected chi connectivity index (χ0v) is 14.2. The van der Waals surface area contributed by atoms with Gasteiger partial charge in [-0.1, -0.05) is 5.16 Å². The van der Waals surface area contributed by atoms with Gasteiger partial charge in [0.2, 0.25) is 5.82 Å². The average Bonchev–Trinajstić information content (AvgIpc) is 3.27. The number of fused-ring (bicyclic) bond motifs is 1. The molecular formula is C18H15N5O3. The van der Waals surface area contributed by atoms with Crippen LogP contribution in [0.4, 0.5) is 5.69 Å². The summed E-state index contributed by atoms with van der Waals surface area (Å²) >= 11 is 0. The Balaban J connectivity index is 1.70. The van der Waals surface area contributed by atoms with Crippen molar-refractivity contribution in [2.45, 2.75) is 20.4 Å². The van der Waals surface area contributed by atoms with E-state index in [2.05, 4.69) is 26.6 Å². The van der Waals surface area contributed by atoms with Crippen LogP contribution in [-0.4, -0.2) is 24.6 Å². The Hall–Kier alpha value is -3.55. The molecule has 0 atom stereocenters. The van der Waals surface area contributed by atoms with Gasteiger partial charge in [0.15, 0.2) is 0 Å². The van der Waals surface area contributed by atoms with Crippen molar-refractivity contribution in [3.05, 3.63) is 58.4 Å². The molecule has 2 aromatic heterocycles. The first-order valence-corrected chi connectivity index (χ1v) is 8.11. The predicted molar refractivity (Wildman–Crippen MR) is 95.5 cm³/mol. The molecule has 2 heterocycles. The zero-order chi connectivity index (χ0) is 18.3. The maximum atomic E-state index is 10.9. The van der Waals surface area contributed by atoms with Gasteiger partial charge in [0.1, 0.15) is 0 Å². The van der Waals surface area contributed by atoms with Crippen LogP contribution in [0.25, 0.3) is 33.9 Å². The number of aryl methyl sites for hydroxylation is 2. The summed E-state index contributed by atoms with van der Waals surface area (Å²) in [4.78, 5) is 19.3. The summed E-state index contributed by atoms with van der Waals surface area (Å²) in [5.41, 5.74) is 3.95. The average molecular weight is 349 g/mol. The van der Waals surface area contributed by atoms with Gasteiger partial charge in [0.05, 0.1) is 22.3 Å². The molecule has 0 radical (unpaired) electrons. The van der Waals surface area contributed by atoms with Crippen molar-refractivity contribution >= 4 is 16.7 Å². The highest BCUT2D eigenvalue weighted by atomic mass is 16.6. The van der Waals surface area contributed by atoms with Crippen LogP contribution in [0.15, 0.2) is 47.2 Å². The van der Waals surface area contributed by atoms with Crippen LogP contribution in [0.5, 0.6) is 0 Å². The molecule has 0 aliphatic carbocycles. The van der Waals surface area contributed by atoms with E-state index in [0.717, 1.165) is 23.1 Å². The predicted octanol–water partition coefficient (Wildman–Crippen LogP) is 3.99. The van der Waals surface area contributed by atoms with Gasteiger partial charge >= 0.3 is 0 Å². The van der Waals surface area contributed by atoms with Gasteiger partial charge in [-0.2, -0.15) is 4.98 Å². The van der Waals surface area contributed by atoms with Crippen molar-refractivity contribution in [1.82, 2.24) is 19.7 Å². The minimum Gasteiger partial charge on any atom is -0.334 e. The van der Waals surface area contributed by atoms with Gasteiger partial charge < -0.3 is 9.09 Å². The Morgan fingerprint density at radius 3 is 2.73 bits per heavy atom. The van der Waals surface area contributed by atoms with E-state index in [1.807, 2.05) is 18.2 Å². The van der Waals surface area contributed by atoms with Crippen molar-refractivity contribution in [3.63, 3.8) is 0 Å². The van der Waals surface area contributed by atoms with Crippen LogP contribution in [0.1, 0.15) is 12.5 Å². The SMILES string of the molecule is CCn1cnc2cc(-c3noc(-c4ccc([N+](=O)[O-])c(C)c4)n3)ccc21. The number of nitro groups is 1. The number of hydrogen-bond acceptors (Lipinski definition) is 6. The summed E-state index contributed by atoms with van der Waals surface area (Å²) in [5, 5.41) is 15.0. The molecule has 0 spiro atoms. The lowest BCUT2D eigenvalue weighted by Crippen LogP contribution is -1.92. The van der Waals surface area contributed by atoms with Gasteiger partial charge in [-0.15, -0.1) is 0 Å². The largest absolute Gasteiger partial charge is 0.334 e. The smallest absolute Gasteiger partial charge is 0.272 e. The molecule has 0 aliphatic heterocycles. The number of rotatable bonds is 4. The number of nitrogens with zero attached hydrogens (tertiary/aromatic N) is 5. The second-order valence-corrected chi connectivity index (χ2v) is 5.92. The minimum atomic E-state index is -0.414. The third-order valence-corrected chi connectivity index (χ3v) is 4.29. The molecule has 0 aliphatic rings. The van der Waals surface area contributed by atoms with Crippen LogP contribution < -0.4 is 0 Å². The number of benzene rings is 2. The fourth-order valence-corrected chi connectivity index (χ4v) is 2.91. The quantitative estimate of drug-likeness (QED) is 0.408. The lowest BCUT2D eigenvalue weighted by atomic mass is 10.1. The van der Waals surface area contributed by atoms with E-state index >= 15 is 0 Å². The summed E-state index contributed by atoms with van der Waals surface area (Å²) in [6.45, 7) is 4.59. The topological polar surface area (TPSA) is 99.9 Å². The van der Waals surface area contributed by atoms with Crippen molar-refractivity contribution in [2.24, 2.45) is 0 Å². The number of nitro benzene ring substituents is 1. The molecule has 8 nitrogen and oxygen atoms in total. The second-order valence-electron chi connectivity index (χ2n) is 5.92. The molecule has 2 aromatic carbocycles. The van der Waals surface area contributed by atoms with Crippen molar-refractivity contribution < 1.29 is 9.45 Å². The Labute approximate surface area is 148 Å². The summed E-state index contributed by atoms with van der Waals surface area (Å²) in [6, 6.07) is 10.5. The molecule has 0 fully saturated rings. The third-order valence-electron chi connectivity index (χ3n) is 4.29. The van der Waals surface area contributed by atoms with Crippen molar-refractivity contribution in [1.29, 1.82) is 0 Å². The monoisotopic (exact) mass is 349 g/mol. The van der Waals surface area contributed by atoms with E-state index in [-0.39, 0.29) is 5.69 Å². The zero-order valence-electron chi connectivity index (χ0n) is 14.2. The first kappa shape index (κ1) is 15.9. The van der Waals surface area contributed by atoms with E-state index < -0.39 is 4.92 Å². The van der Waals surface area contributed by atoms with Gasteiger partial charge in [-0.3, -0.25) is 10.1 Å². The second kappa shape index (κ2) is 6.07. The lowest BCUT2D eigenvalue weighted by Gasteiger charge is -1.99. The normalized spacial score (nSPS) is 11.2. The number of imidazole rings is 1. The summed E-state index contributed by atoms with van der Waals surface area (Å²) in [5.74, 6) is 0.765. The first-order chi connectivity index (χ1) is 12.6. The number of aromatic nitrogens is 4. The van der Waals surface area contributed by atoms with Crippen LogP contribution in [0, 0.1) is 17.0 Å². The Kier molecular flexibility index (Phi) is 3.72. The Morgan fingerprint density at radius 2 is 2.00 bits per heavy atom. The van der Waals surface area contributed by atoms with Crippen molar-refractivity contribution in [3.8, 4) is 22.8 Å². The highest BCUT2D eigenvalue weighted by Gasteiger charge is 2.16. The Morgan fingerprint density at radius 1 is 1.19 bits per heavy atom. The number of hydrogen-bond donors (Lipinski definition) is 0. The highest BCUT2D eigenvalue weighted by Crippen LogP contribution is 2.28. The standard InChI is InChI=1S/C18H15N5O3/c1-3-22-10-19-14-9-12(4-7-16(14)22)17-20-18(26-21-17)13-5-6-15(23(24)25)11(2)8-13/h4-10H,3H2,1-2H3. The molecule has 26 heavy (non-hydrogen) atoms. The molecule has 0 amide bonds. The summed E-state index contributed by atoms with van der Waals surface area (Å²) < 4.78 is 7.40. The molecule has 0 unspecified atom stereocenters. The van der Waals surface area contributed by atoms with Gasteiger partial charge in [-0.25, -0.2) is 4.98 Å². The van der Waals surface area contributed by atoms with Crippen molar-refractivity contribution in [2.75, 3.05) is 0 Å². The molecule has 0 bridgehead atoms. The molecule has 4 rings (SSSR count). The fourth-order valence-electron chi connectivity index (χ4n) is 2.91. The van der Waals surface area contributed by atoms with Crippen LogP contribution >= 0.6 is 0 Å². The molecule has 0 saturated heterocycles. The molecule has 0 N–H and O–H groups in total. The minimum absolute atomic E-state index is 0.0606. The first-order valence-electron chi connectivity index (χ1n) is 8.11. The molecular weight excluding hydrogens is 334 g/mol. The van der Waals surface area contributed by atoms with E-state index in [1.54, 1.807) is 25.4 Å². The Bertz CT molecular complexity index is 1130. The lowest BCUT2D eigenvalue weighted by molar-refractivity contribution is -0.385. The fraction of sp³-hybridized carbons (Fsp3) is 0.167. The van der Waals surface area contributed by atoms with E-state index in [0.29, 0.717) is 22.8 Å². The molecule has 0 saturated carbocycles. The highest BCUT2D eigenvalue weighted by molar-refractivity contribution is 5.80. The van der Waals surface area contributed by atoms with Crippen LogP contribution in [0.2, 0.25) is 0 Å². The van der Waals surface area contributed by atoms with Crippen LogP contribution in [-0.2, 0) is 6.54 Å². The van der Waals surface area contributed by atoms with Crippen LogP contribution in [0.3, 0.4) is 0 Å². The van der Waals surface area contributed by atoms with E-state index in [1.165, 1.54) is 6.07 Å². The van der Waals surface area contributed by atoms with E-state index in [4.69, 9.17) is 4.52 Å². The maximum absolute atomic E-state index is 10.9. The van der Waals surface area contributed by atoms with Gasteiger partial charge in [0.25, 0.3) is 11.6 Å².